The molecule has 136 valence electrons. The smallest absolute Gasteiger partial charge is 0.242 e. The first-order chi connectivity index (χ1) is 12.3. The first-order valence-electron chi connectivity index (χ1n) is 8.40. The van der Waals surface area contributed by atoms with Crippen molar-refractivity contribution < 1.29 is 9.53 Å². The molecular weight excluding hydrogens is 414 g/mol. The van der Waals surface area contributed by atoms with Crippen LogP contribution in [0, 0.1) is 0 Å². The number of fused-ring (bicyclic) bond motifs is 2. The fraction of sp³-hybridized carbons (Fsp3) is 0.368. The van der Waals surface area contributed by atoms with Crippen LogP contribution in [0.25, 0.3) is 0 Å². The van der Waals surface area contributed by atoms with Gasteiger partial charge in [-0.3, -0.25) is 9.69 Å². The summed E-state index contributed by atoms with van der Waals surface area (Å²) in [6.45, 7) is 2.03. The number of benzene rings is 1. The lowest BCUT2D eigenvalue weighted by atomic mass is 9.64. The molecule has 4 rings (SSSR count). The zero-order valence-corrected chi connectivity index (χ0v) is 17.3. The van der Waals surface area contributed by atoms with E-state index in [0.29, 0.717) is 6.42 Å². The Hall–Kier alpha value is -1.86. The summed E-state index contributed by atoms with van der Waals surface area (Å²) >= 11 is 5.14. The number of aliphatic imine (C=N–C) groups is 1. The minimum Gasteiger partial charge on any atom is -0.497 e. The van der Waals surface area contributed by atoms with E-state index in [2.05, 4.69) is 15.9 Å². The number of nitrogens with two attached hydrogens (primary N) is 1. The fourth-order valence-corrected chi connectivity index (χ4v) is 5.90. The summed E-state index contributed by atoms with van der Waals surface area (Å²) in [6, 6.07) is 10.0. The maximum atomic E-state index is 13.6. The van der Waals surface area contributed by atoms with Crippen LogP contribution in [0.3, 0.4) is 0 Å². The number of guanidine groups is 1. The van der Waals surface area contributed by atoms with Crippen molar-refractivity contribution in [3.8, 4) is 5.75 Å². The van der Waals surface area contributed by atoms with Crippen molar-refractivity contribution in [2.24, 2.45) is 10.7 Å². The van der Waals surface area contributed by atoms with E-state index in [1.807, 2.05) is 37.3 Å². The maximum absolute atomic E-state index is 13.6. The quantitative estimate of drug-likeness (QED) is 0.788. The molecular formula is C19H20BrN3O2S. The Bertz CT molecular complexity index is 941. The highest BCUT2D eigenvalue weighted by molar-refractivity contribution is 9.11. The zero-order valence-electron chi connectivity index (χ0n) is 14.9. The van der Waals surface area contributed by atoms with Gasteiger partial charge in [-0.2, -0.15) is 0 Å². The van der Waals surface area contributed by atoms with E-state index in [0.717, 1.165) is 32.0 Å². The van der Waals surface area contributed by atoms with Crippen LogP contribution in [0.1, 0.15) is 29.3 Å². The number of carbonyl (C=O) groups is 1. The van der Waals surface area contributed by atoms with Crippen molar-refractivity contribution >= 4 is 39.1 Å². The van der Waals surface area contributed by atoms with Crippen LogP contribution in [0.5, 0.6) is 5.75 Å². The Morgan fingerprint density at radius 2 is 2.12 bits per heavy atom. The highest BCUT2D eigenvalue weighted by atomic mass is 79.9. The van der Waals surface area contributed by atoms with Crippen molar-refractivity contribution in [2.45, 2.75) is 30.7 Å². The SMILES string of the molecule is COc1ccc2c(c1)CC[C@]21C(=O)N(C)C(N)=N[C@]1(C)c1ccc(Br)s1. The van der Waals surface area contributed by atoms with E-state index in [-0.39, 0.29) is 11.9 Å². The van der Waals surface area contributed by atoms with Gasteiger partial charge in [0.25, 0.3) is 0 Å². The van der Waals surface area contributed by atoms with Crippen LogP contribution in [0.4, 0.5) is 0 Å². The predicted octanol–water partition coefficient (Wildman–Crippen LogP) is 3.41. The summed E-state index contributed by atoms with van der Waals surface area (Å²) < 4.78 is 6.38. The molecule has 0 radical (unpaired) electrons. The largest absolute Gasteiger partial charge is 0.497 e. The molecule has 0 bridgehead atoms. The van der Waals surface area contributed by atoms with Gasteiger partial charge < -0.3 is 10.5 Å². The number of amides is 1. The molecule has 2 aliphatic rings. The van der Waals surface area contributed by atoms with Gasteiger partial charge in [0, 0.05) is 11.9 Å². The van der Waals surface area contributed by atoms with Crippen molar-refractivity contribution in [2.75, 3.05) is 14.2 Å². The standard InChI is InChI=1S/C19H20BrN3O2S/c1-18(14-6-7-15(20)26-14)19(16(24)23(2)17(21)22-18)9-8-11-10-12(25-3)4-5-13(11)19/h4-7,10H,8-9H2,1-3H3,(H2,21,22)/t18-,19-/m1/s1. The fourth-order valence-electron chi connectivity index (χ4n) is 4.34. The molecule has 0 saturated carbocycles. The van der Waals surface area contributed by atoms with Crippen LogP contribution < -0.4 is 10.5 Å². The molecule has 1 aliphatic heterocycles. The molecule has 2 heterocycles. The van der Waals surface area contributed by atoms with Crippen LogP contribution in [0.2, 0.25) is 0 Å². The number of hydrogen-bond acceptors (Lipinski definition) is 5. The van der Waals surface area contributed by atoms with Gasteiger partial charge in [0.05, 0.1) is 10.9 Å². The van der Waals surface area contributed by atoms with Gasteiger partial charge in [-0.05, 0) is 71.1 Å². The third-order valence-corrected chi connectivity index (χ3v) is 7.61. The topological polar surface area (TPSA) is 67.9 Å². The van der Waals surface area contributed by atoms with Crippen molar-refractivity contribution in [3.05, 3.63) is 50.1 Å². The average Bonchev–Trinajstić information content (AvgIpc) is 3.23. The van der Waals surface area contributed by atoms with Gasteiger partial charge >= 0.3 is 0 Å². The molecule has 0 fully saturated rings. The summed E-state index contributed by atoms with van der Waals surface area (Å²) in [6.07, 6.45) is 1.51. The average molecular weight is 434 g/mol. The highest BCUT2D eigenvalue weighted by Gasteiger charge is 2.62. The third-order valence-electron chi connectivity index (χ3n) is 5.78. The van der Waals surface area contributed by atoms with Gasteiger partial charge in [-0.15, -0.1) is 11.3 Å². The summed E-state index contributed by atoms with van der Waals surface area (Å²) in [5.74, 6) is 1.07. The Morgan fingerprint density at radius 3 is 2.77 bits per heavy atom. The van der Waals surface area contributed by atoms with Crippen molar-refractivity contribution in [1.82, 2.24) is 4.90 Å². The number of hydrogen-bond donors (Lipinski definition) is 1. The first kappa shape index (κ1) is 17.5. The molecule has 26 heavy (non-hydrogen) atoms. The second kappa shape index (κ2) is 5.82. The monoisotopic (exact) mass is 433 g/mol. The number of methoxy groups -OCH3 is 1. The number of likely N-dealkylation sites (N-methyl/N-ethyl adjacent to an activating group) is 1. The molecule has 1 spiro atoms. The lowest BCUT2D eigenvalue weighted by Gasteiger charge is -2.48. The third kappa shape index (κ3) is 2.13. The van der Waals surface area contributed by atoms with Gasteiger partial charge in [0.2, 0.25) is 5.91 Å². The molecule has 1 aromatic heterocycles. The van der Waals surface area contributed by atoms with E-state index < -0.39 is 11.0 Å². The summed E-state index contributed by atoms with van der Waals surface area (Å²) in [5, 5.41) is 0. The Labute approximate surface area is 165 Å². The van der Waals surface area contributed by atoms with Crippen LogP contribution in [-0.2, 0) is 22.2 Å². The molecule has 7 heteroatoms. The summed E-state index contributed by atoms with van der Waals surface area (Å²) in [4.78, 5) is 21.0. The Morgan fingerprint density at radius 1 is 1.35 bits per heavy atom. The number of ether oxygens (including phenoxy) is 1. The summed E-state index contributed by atoms with van der Waals surface area (Å²) in [7, 11) is 3.36. The second-order valence-electron chi connectivity index (χ2n) is 6.94. The van der Waals surface area contributed by atoms with E-state index in [9.17, 15) is 4.79 Å². The molecule has 1 aromatic carbocycles. The zero-order chi connectivity index (χ0) is 18.7. The number of nitrogens with zero attached hydrogens (tertiary/aromatic N) is 2. The normalized spacial score (nSPS) is 27.6. The lowest BCUT2D eigenvalue weighted by Crippen LogP contribution is -2.62. The Balaban J connectivity index is 2.01. The van der Waals surface area contributed by atoms with Gasteiger partial charge in [-0.25, -0.2) is 4.99 Å². The molecule has 2 aromatic rings. The number of thiophene rings is 1. The van der Waals surface area contributed by atoms with Gasteiger partial charge in [-0.1, -0.05) is 6.07 Å². The number of rotatable bonds is 2. The number of aryl methyl sites for hydroxylation is 1. The minimum absolute atomic E-state index is 0.000870. The summed E-state index contributed by atoms with van der Waals surface area (Å²) in [5.41, 5.74) is 6.78. The number of halogens is 1. The van der Waals surface area contributed by atoms with E-state index in [4.69, 9.17) is 15.5 Å². The predicted molar refractivity (Wildman–Crippen MR) is 107 cm³/mol. The van der Waals surface area contributed by atoms with Crippen LogP contribution in [-0.4, -0.2) is 30.9 Å². The highest BCUT2D eigenvalue weighted by Crippen LogP contribution is 2.57. The maximum Gasteiger partial charge on any atom is 0.242 e. The second-order valence-corrected chi connectivity index (χ2v) is 9.40. The minimum atomic E-state index is -0.767. The van der Waals surface area contributed by atoms with Gasteiger partial charge in [0.1, 0.15) is 16.7 Å². The first-order valence-corrected chi connectivity index (χ1v) is 10.0. The van der Waals surface area contributed by atoms with E-state index in [1.54, 1.807) is 25.5 Å². The van der Waals surface area contributed by atoms with E-state index >= 15 is 0 Å². The molecule has 1 aliphatic carbocycles. The molecule has 2 atom stereocenters. The Kier molecular flexibility index (Phi) is 3.93. The molecule has 2 N–H and O–H groups in total. The van der Waals surface area contributed by atoms with Crippen molar-refractivity contribution in [3.63, 3.8) is 0 Å². The molecule has 0 saturated heterocycles. The molecule has 0 unspecified atom stereocenters. The van der Waals surface area contributed by atoms with E-state index in [1.165, 1.54) is 4.90 Å². The lowest BCUT2D eigenvalue weighted by molar-refractivity contribution is -0.136. The molecule has 5 nitrogen and oxygen atoms in total. The van der Waals surface area contributed by atoms with Gasteiger partial charge in [0.15, 0.2) is 5.96 Å². The molecule has 1 amide bonds. The van der Waals surface area contributed by atoms with Crippen LogP contribution >= 0.6 is 27.3 Å². The van der Waals surface area contributed by atoms with Crippen LogP contribution in [0.15, 0.2) is 39.1 Å². The number of carbonyl (C=O) groups excluding carboxylic acids is 1. The van der Waals surface area contributed by atoms with Crippen molar-refractivity contribution in [1.29, 1.82) is 0 Å².